The highest BCUT2D eigenvalue weighted by molar-refractivity contribution is 6.12. The van der Waals surface area contributed by atoms with Crippen molar-refractivity contribution in [2.45, 2.75) is 0 Å². The number of fused-ring (bicyclic) bond motifs is 7. The molecule has 3 nitrogen and oxygen atoms in total. The second-order valence-corrected chi connectivity index (χ2v) is 11.0. The Kier molecular flexibility index (Phi) is 5.20. The first kappa shape index (κ1) is 23.9. The van der Waals surface area contributed by atoms with Crippen molar-refractivity contribution >= 4 is 71.6 Å². The maximum Gasteiger partial charge on any atom is 0.136 e. The zero-order valence-electron chi connectivity index (χ0n) is 23.3. The summed E-state index contributed by atoms with van der Waals surface area (Å²) in [5.74, 6) is 0. The molecule has 9 aromatic rings. The smallest absolute Gasteiger partial charge is 0.136 e. The number of aromatic nitrogens is 1. The van der Waals surface area contributed by atoms with Gasteiger partial charge in [0, 0.05) is 44.3 Å². The zero-order chi connectivity index (χ0) is 28.3. The lowest BCUT2D eigenvalue weighted by atomic mass is 10.0. The van der Waals surface area contributed by atoms with Crippen molar-refractivity contribution in [3.05, 3.63) is 158 Å². The van der Waals surface area contributed by atoms with Crippen LogP contribution in [0.1, 0.15) is 0 Å². The third kappa shape index (κ3) is 3.75. The van der Waals surface area contributed by atoms with E-state index in [-0.39, 0.29) is 0 Å². The standard InChI is InChI=1S/C40H26N2O/c1-3-11-29(12-4-1)41(31-20-19-27-24-36-34-16-8-10-18-39(34)43-40(36)25-28(27)23-31)32-21-22-38-35(26-32)33-15-7-9-17-37(33)42(38)30-13-5-2-6-14-30/h1-26H. The first-order chi connectivity index (χ1) is 21.3. The van der Waals surface area contributed by atoms with Crippen LogP contribution < -0.4 is 4.90 Å². The van der Waals surface area contributed by atoms with Crippen LogP contribution in [-0.2, 0) is 0 Å². The Morgan fingerprint density at radius 1 is 0.395 bits per heavy atom. The highest BCUT2D eigenvalue weighted by atomic mass is 16.3. The molecule has 0 N–H and O–H groups in total. The third-order valence-corrected chi connectivity index (χ3v) is 8.52. The third-order valence-electron chi connectivity index (χ3n) is 8.52. The van der Waals surface area contributed by atoms with Crippen LogP contribution in [0.3, 0.4) is 0 Å². The summed E-state index contributed by atoms with van der Waals surface area (Å²) < 4.78 is 8.60. The van der Waals surface area contributed by atoms with Gasteiger partial charge in [-0.1, -0.05) is 78.9 Å². The van der Waals surface area contributed by atoms with Crippen LogP contribution in [0.4, 0.5) is 17.1 Å². The van der Waals surface area contributed by atoms with Crippen molar-refractivity contribution < 1.29 is 4.42 Å². The largest absolute Gasteiger partial charge is 0.456 e. The number of anilines is 3. The van der Waals surface area contributed by atoms with Gasteiger partial charge in [-0.15, -0.1) is 0 Å². The highest BCUT2D eigenvalue weighted by Gasteiger charge is 2.18. The molecule has 0 fully saturated rings. The highest BCUT2D eigenvalue weighted by Crippen LogP contribution is 2.41. The molecule has 0 aliphatic carbocycles. The quantitative estimate of drug-likeness (QED) is 0.217. The number of rotatable bonds is 4. The Hall–Kier alpha value is -5.80. The fourth-order valence-corrected chi connectivity index (χ4v) is 6.57. The van der Waals surface area contributed by atoms with E-state index in [1.165, 1.54) is 27.2 Å². The minimum atomic E-state index is 0.909. The van der Waals surface area contributed by atoms with E-state index in [1.54, 1.807) is 0 Å². The van der Waals surface area contributed by atoms with Crippen LogP contribution in [0.25, 0.3) is 60.2 Å². The van der Waals surface area contributed by atoms with Gasteiger partial charge >= 0.3 is 0 Å². The van der Waals surface area contributed by atoms with Gasteiger partial charge < -0.3 is 13.9 Å². The Balaban J connectivity index is 1.26. The molecule has 9 rings (SSSR count). The molecule has 0 saturated heterocycles. The van der Waals surface area contributed by atoms with E-state index < -0.39 is 0 Å². The SMILES string of the molecule is c1ccc(N(c2ccc3cc4c(cc3c2)oc2ccccc24)c2ccc3c(c2)c2ccccc2n3-c2ccccc2)cc1. The summed E-state index contributed by atoms with van der Waals surface area (Å²) in [5, 5.41) is 7.10. The second kappa shape index (κ2) is 9.37. The molecular weight excluding hydrogens is 524 g/mol. The molecule has 202 valence electrons. The van der Waals surface area contributed by atoms with Gasteiger partial charge in [0.25, 0.3) is 0 Å². The molecule has 0 unspecified atom stereocenters. The van der Waals surface area contributed by atoms with Gasteiger partial charge in [0.2, 0.25) is 0 Å². The lowest BCUT2D eigenvalue weighted by Gasteiger charge is -2.26. The first-order valence-electron chi connectivity index (χ1n) is 14.6. The molecule has 0 atom stereocenters. The van der Waals surface area contributed by atoms with Gasteiger partial charge in [-0.2, -0.15) is 0 Å². The summed E-state index contributed by atoms with van der Waals surface area (Å²) in [4.78, 5) is 2.34. The average molecular weight is 551 g/mol. The van der Waals surface area contributed by atoms with Gasteiger partial charge in [-0.05, 0) is 89.6 Å². The van der Waals surface area contributed by atoms with Crippen molar-refractivity contribution in [3.63, 3.8) is 0 Å². The van der Waals surface area contributed by atoms with Crippen molar-refractivity contribution in [2.24, 2.45) is 0 Å². The molecule has 7 aromatic carbocycles. The van der Waals surface area contributed by atoms with Gasteiger partial charge in [0.15, 0.2) is 0 Å². The molecule has 2 aromatic heterocycles. The number of para-hydroxylation sites is 4. The van der Waals surface area contributed by atoms with Crippen LogP contribution >= 0.6 is 0 Å². The molecule has 0 bridgehead atoms. The molecule has 0 saturated carbocycles. The maximum atomic E-state index is 6.24. The lowest BCUT2D eigenvalue weighted by molar-refractivity contribution is 0.669. The first-order valence-corrected chi connectivity index (χ1v) is 14.6. The molecule has 43 heavy (non-hydrogen) atoms. The van der Waals surface area contributed by atoms with E-state index in [9.17, 15) is 0 Å². The molecule has 0 aliphatic heterocycles. The number of benzene rings is 7. The minimum absolute atomic E-state index is 0.909. The maximum absolute atomic E-state index is 6.24. The van der Waals surface area contributed by atoms with Crippen LogP contribution in [0, 0.1) is 0 Å². The number of nitrogens with zero attached hydrogens (tertiary/aromatic N) is 2. The Morgan fingerprint density at radius 3 is 1.93 bits per heavy atom. The van der Waals surface area contributed by atoms with E-state index in [2.05, 4.69) is 155 Å². The average Bonchev–Trinajstić information content (AvgIpc) is 3.59. The van der Waals surface area contributed by atoms with Crippen molar-refractivity contribution in [1.82, 2.24) is 4.57 Å². The van der Waals surface area contributed by atoms with Crippen molar-refractivity contribution in [3.8, 4) is 5.69 Å². The fraction of sp³-hybridized carbons (Fsp3) is 0. The monoisotopic (exact) mass is 550 g/mol. The predicted molar refractivity (Wildman–Crippen MR) is 180 cm³/mol. The fourth-order valence-electron chi connectivity index (χ4n) is 6.57. The Bertz CT molecular complexity index is 2450. The van der Waals surface area contributed by atoms with Crippen molar-refractivity contribution in [2.75, 3.05) is 4.90 Å². The molecular formula is C40H26N2O. The summed E-state index contributed by atoms with van der Waals surface area (Å²) in [5.41, 5.74) is 8.70. The number of hydrogen-bond donors (Lipinski definition) is 0. The van der Waals surface area contributed by atoms with Crippen LogP contribution in [0.2, 0.25) is 0 Å². The van der Waals surface area contributed by atoms with Gasteiger partial charge in [0.1, 0.15) is 11.2 Å². The topological polar surface area (TPSA) is 21.3 Å². The molecule has 2 heterocycles. The van der Waals surface area contributed by atoms with Gasteiger partial charge in [-0.25, -0.2) is 0 Å². The summed E-state index contributed by atoms with van der Waals surface area (Å²) in [7, 11) is 0. The summed E-state index contributed by atoms with van der Waals surface area (Å²) in [6.45, 7) is 0. The zero-order valence-corrected chi connectivity index (χ0v) is 23.3. The Labute approximate surface area is 248 Å². The predicted octanol–water partition coefficient (Wildman–Crippen LogP) is 11.3. The minimum Gasteiger partial charge on any atom is -0.456 e. The second-order valence-electron chi connectivity index (χ2n) is 11.0. The van der Waals surface area contributed by atoms with E-state index in [0.717, 1.165) is 50.1 Å². The van der Waals surface area contributed by atoms with Crippen LogP contribution in [0.5, 0.6) is 0 Å². The van der Waals surface area contributed by atoms with E-state index in [4.69, 9.17) is 4.42 Å². The van der Waals surface area contributed by atoms with Crippen LogP contribution in [0.15, 0.2) is 162 Å². The number of furan rings is 1. The normalized spacial score (nSPS) is 11.7. The molecule has 0 radical (unpaired) electrons. The number of hydrogen-bond acceptors (Lipinski definition) is 2. The Morgan fingerprint density at radius 2 is 1.07 bits per heavy atom. The van der Waals surface area contributed by atoms with Gasteiger partial charge in [0.05, 0.1) is 11.0 Å². The molecule has 0 spiro atoms. The lowest BCUT2D eigenvalue weighted by Crippen LogP contribution is -2.09. The van der Waals surface area contributed by atoms with E-state index in [0.29, 0.717) is 0 Å². The summed E-state index contributed by atoms with van der Waals surface area (Å²) in [6.07, 6.45) is 0. The summed E-state index contributed by atoms with van der Waals surface area (Å²) in [6, 6.07) is 56.1. The van der Waals surface area contributed by atoms with E-state index in [1.807, 2.05) is 12.1 Å². The van der Waals surface area contributed by atoms with Gasteiger partial charge in [-0.3, -0.25) is 0 Å². The molecule has 0 aliphatic rings. The molecule has 3 heteroatoms. The van der Waals surface area contributed by atoms with Crippen LogP contribution in [-0.4, -0.2) is 4.57 Å². The molecule has 0 amide bonds. The van der Waals surface area contributed by atoms with Crippen molar-refractivity contribution in [1.29, 1.82) is 0 Å². The summed E-state index contributed by atoms with van der Waals surface area (Å²) >= 11 is 0. The van der Waals surface area contributed by atoms with E-state index >= 15 is 0 Å².